The highest BCUT2D eigenvalue weighted by molar-refractivity contribution is 6.30. The maximum atomic E-state index is 11.0. The average molecular weight is 225 g/mol. The summed E-state index contributed by atoms with van der Waals surface area (Å²) in [6, 6.07) is 6.29. The van der Waals surface area contributed by atoms with Crippen LogP contribution in [0, 0.1) is 11.3 Å². The van der Waals surface area contributed by atoms with Crippen molar-refractivity contribution in [3.05, 3.63) is 28.8 Å². The van der Waals surface area contributed by atoms with Crippen LogP contribution in [0.2, 0.25) is 5.02 Å². The molecule has 0 bridgehead atoms. The zero-order valence-corrected chi connectivity index (χ0v) is 8.58. The van der Waals surface area contributed by atoms with Gasteiger partial charge in [0.2, 0.25) is 5.91 Å². The van der Waals surface area contributed by atoms with Crippen LogP contribution in [0.1, 0.15) is 12.0 Å². The lowest BCUT2D eigenvalue weighted by Gasteiger charge is -2.05. The van der Waals surface area contributed by atoms with E-state index in [4.69, 9.17) is 16.9 Å². The van der Waals surface area contributed by atoms with Crippen molar-refractivity contribution in [3.8, 4) is 11.8 Å². The van der Waals surface area contributed by atoms with Crippen LogP contribution >= 0.6 is 11.6 Å². The van der Waals surface area contributed by atoms with E-state index in [1.165, 1.54) is 6.07 Å². The summed E-state index contributed by atoms with van der Waals surface area (Å²) in [5, 5.41) is 20.6. The summed E-state index contributed by atoms with van der Waals surface area (Å²) in [7, 11) is 0. The van der Waals surface area contributed by atoms with Gasteiger partial charge in [-0.15, -0.1) is 0 Å². The van der Waals surface area contributed by atoms with E-state index >= 15 is 0 Å². The zero-order chi connectivity index (χ0) is 11.3. The Morgan fingerprint density at radius 2 is 2.33 bits per heavy atom. The fourth-order valence-electron chi connectivity index (χ4n) is 1.02. The molecule has 0 saturated heterocycles. The predicted molar refractivity (Wildman–Crippen MR) is 55.2 cm³/mol. The molecule has 0 aliphatic heterocycles. The number of phenols is 1. The minimum atomic E-state index is -0.378. The van der Waals surface area contributed by atoms with E-state index < -0.39 is 0 Å². The zero-order valence-electron chi connectivity index (χ0n) is 7.83. The highest BCUT2D eigenvalue weighted by atomic mass is 35.5. The Labute approximate surface area is 92.1 Å². The molecule has 0 unspecified atom stereocenters. The highest BCUT2D eigenvalue weighted by Gasteiger charge is 2.04. The molecule has 5 heteroatoms. The molecule has 1 amide bonds. The molecule has 0 aromatic heterocycles. The topological polar surface area (TPSA) is 73.1 Å². The lowest BCUT2D eigenvalue weighted by Crippen LogP contribution is -2.21. The summed E-state index contributed by atoms with van der Waals surface area (Å²) in [6.07, 6.45) is -0.193. The van der Waals surface area contributed by atoms with Gasteiger partial charge in [0, 0.05) is 17.1 Å². The number of nitriles is 1. The lowest BCUT2D eigenvalue weighted by molar-refractivity contribution is -0.120. The number of benzene rings is 1. The molecule has 0 radical (unpaired) electrons. The smallest absolute Gasteiger partial charge is 0.234 e. The van der Waals surface area contributed by atoms with Gasteiger partial charge >= 0.3 is 0 Å². The van der Waals surface area contributed by atoms with Crippen molar-refractivity contribution in [1.29, 1.82) is 5.26 Å². The third-order valence-electron chi connectivity index (χ3n) is 1.76. The molecule has 0 fully saturated rings. The molecule has 0 aliphatic rings. The lowest BCUT2D eigenvalue weighted by atomic mass is 10.2. The molecule has 0 saturated carbocycles. The van der Waals surface area contributed by atoms with Gasteiger partial charge < -0.3 is 10.4 Å². The fraction of sp³-hybridized carbons (Fsp3) is 0.200. The molecule has 1 aromatic rings. The van der Waals surface area contributed by atoms with Crippen LogP contribution in [0.15, 0.2) is 18.2 Å². The number of rotatable bonds is 3. The molecule has 0 atom stereocenters. The SMILES string of the molecule is N#CCC(=O)NCc1cc(Cl)ccc1O. The van der Waals surface area contributed by atoms with Crippen LogP contribution in [0.5, 0.6) is 5.75 Å². The molecular weight excluding hydrogens is 216 g/mol. The van der Waals surface area contributed by atoms with E-state index in [0.717, 1.165) is 0 Å². The predicted octanol–water partition coefficient (Wildman–Crippen LogP) is 1.58. The number of nitrogens with zero attached hydrogens (tertiary/aromatic N) is 1. The molecule has 78 valence electrons. The van der Waals surface area contributed by atoms with E-state index in [1.807, 2.05) is 0 Å². The summed E-state index contributed by atoms with van der Waals surface area (Å²) in [4.78, 5) is 11.0. The van der Waals surface area contributed by atoms with E-state index in [1.54, 1.807) is 18.2 Å². The first-order valence-electron chi connectivity index (χ1n) is 4.24. The molecule has 1 rings (SSSR count). The molecule has 4 nitrogen and oxygen atoms in total. The number of hydrogen-bond acceptors (Lipinski definition) is 3. The first kappa shape index (κ1) is 11.3. The Bertz CT molecular complexity index is 412. The number of aromatic hydroxyl groups is 1. The van der Waals surface area contributed by atoms with Gasteiger partial charge in [0.05, 0.1) is 6.07 Å². The summed E-state index contributed by atoms with van der Waals surface area (Å²) in [5.41, 5.74) is 0.522. The molecule has 0 heterocycles. The molecule has 2 N–H and O–H groups in total. The Hall–Kier alpha value is -1.73. The van der Waals surface area contributed by atoms with E-state index in [0.29, 0.717) is 10.6 Å². The number of nitrogens with one attached hydrogen (secondary N) is 1. The molecule has 0 aliphatic carbocycles. The van der Waals surface area contributed by atoms with Crippen LogP contribution in [0.25, 0.3) is 0 Å². The van der Waals surface area contributed by atoms with Crippen molar-refractivity contribution in [3.63, 3.8) is 0 Å². The van der Waals surface area contributed by atoms with Gasteiger partial charge in [-0.05, 0) is 18.2 Å². The molecule has 0 spiro atoms. The van der Waals surface area contributed by atoms with Crippen molar-refractivity contribution in [2.75, 3.05) is 0 Å². The quantitative estimate of drug-likeness (QED) is 0.819. The normalized spacial score (nSPS) is 9.33. The van der Waals surface area contributed by atoms with Crippen molar-refractivity contribution < 1.29 is 9.90 Å². The van der Waals surface area contributed by atoms with Crippen LogP contribution in [-0.4, -0.2) is 11.0 Å². The molecule has 15 heavy (non-hydrogen) atoms. The second-order valence-corrected chi connectivity index (χ2v) is 3.32. The van der Waals surface area contributed by atoms with Gasteiger partial charge in [-0.2, -0.15) is 5.26 Å². The van der Waals surface area contributed by atoms with Crippen molar-refractivity contribution in [2.45, 2.75) is 13.0 Å². The maximum Gasteiger partial charge on any atom is 0.234 e. The number of hydrogen-bond donors (Lipinski definition) is 2. The van der Waals surface area contributed by atoms with Crippen LogP contribution in [-0.2, 0) is 11.3 Å². The van der Waals surface area contributed by atoms with Gasteiger partial charge in [-0.3, -0.25) is 4.79 Å². The number of carbonyl (C=O) groups is 1. The number of carbonyl (C=O) groups excluding carboxylic acids is 1. The monoisotopic (exact) mass is 224 g/mol. The maximum absolute atomic E-state index is 11.0. The molecule has 1 aromatic carbocycles. The van der Waals surface area contributed by atoms with Crippen molar-refractivity contribution in [2.24, 2.45) is 0 Å². The average Bonchev–Trinajstić information content (AvgIpc) is 2.20. The van der Waals surface area contributed by atoms with E-state index in [9.17, 15) is 9.90 Å². The largest absolute Gasteiger partial charge is 0.508 e. The summed E-state index contributed by atoms with van der Waals surface area (Å²) in [5.74, 6) is -0.312. The minimum Gasteiger partial charge on any atom is -0.508 e. The Morgan fingerprint density at radius 3 is 3.00 bits per heavy atom. The van der Waals surface area contributed by atoms with Gasteiger partial charge in [-0.1, -0.05) is 11.6 Å². The highest BCUT2D eigenvalue weighted by Crippen LogP contribution is 2.20. The number of halogens is 1. The molecular formula is C10H9ClN2O2. The van der Waals surface area contributed by atoms with Crippen LogP contribution in [0.3, 0.4) is 0 Å². The van der Waals surface area contributed by atoms with Crippen LogP contribution < -0.4 is 5.32 Å². The third-order valence-corrected chi connectivity index (χ3v) is 1.99. The third kappa shape index (κ3) is 3.49. The second-order valence-electron chi connectivity index (χ2n) is 2.88. The minimum absolute atomic E-state index is 0.0663. The summed E-state index contributed by atoms with van der Waals surface area (Å²) < 4.78 is 0. The van der Waals surface area contributed by atoms with Crippen molar-refractivity contribution >= 4 is 17.5 Å². The summed E-state index contributed by atoms with van der Waals surface area (Å²) in [6.45, 7) is 0.160. The first-order valence-corrected chi connectivity index (χ1v) is 4.62. The fourth-order valence-corrected chi connectivity index (χ4v) is 1.22. The second kappa shape index (κ2) is 5.23. The van der Waals surface area contributed by atoms with Gasteiger partial charge in [0.25, 0.3) is 0 Å². The van der Waals surface area contributed by atoms with Gasteiger partial charge in [0.15, 0.2) is 0 Å². The Kier molecular flexibility index (Phi) is 3.95. The first-order chi connectivity index (χ1) is 7.13. The van der Waals surface area contributed by atoms with Crippen molar-refractivity contribution in [1.82, 2.24) is 5.32 Å². The number of phenolic OH excluding ortho intramolecular Hbond substituents is 1. The Morgan fingerprint density at radius 1 is 1.60 bits per heavy atom. The summed E-state index contributed by atoms with van der Waals surface area (Å²) >= 11 is 5.72. The Balaban J connectivity index is 2.61. The van der Waals surface area contributed by atoms with Crippen LogP contribution in [0.4, 0.5) is 0 Å². The van der Waals surface area contributed by atoms with Gasteiger partial charge in [0.1, 0.15) is 12.2 Å². The standard InChI is InChI=1S/C10H9ClN2O2/c11-8-1-2-9(14)7(5-8)6-13-10(15)3-4-12/h1-2,5,14H,3,6H2,(H,13,15). The van der Waals surface area contributed by atoms with Gasteiger partial charge in [-0.25, -0.2) is 0 Å². The number of amides is 1. The van der Waals surface area contributed by atoms with E-state index in [-0.39, 0.29) is 24.6 Å². The van der Waals surface area contributed by atoms with E-state index in [2.05, 4.69) is 5.32 Å².